The summed E-state index contributed by atoms with van der Waals surface area (Å²) >= 11 is 0. The molecule has 2 aliphatic rings. The summed E-state index contributed by atoms with van der Waals surface area (Å²) in [6, 6.07) is 3.47. The zero-order valence-electron chi connectivity index (χ0n) is 12.4. The molecule has 2 fully saturated rings. The lowest BCUT2D eigenvalue weighted by atomic mass is 10.1. The van der Waals surface area contributed by atoms with Crippen LogP contribution in [0, 0.1) is 23.0 Å². The number of hydrogen-bond acceptors (Lipinski definition) is 4. The quantitative estimate of drug-likeness (QED) is 0.911. The van der Waals surface area contributed by atoms with E-state index in [0.717, 1.165) is 25.0 Å². The van der Waals surface area contributed by atoms with Crippen LogP contribution < -0.4 is 5.32 Å². The summed E-state index contributed by atoms with van der Waals surface area (Å²) in [5, 5.41) is 11.3. The van der Waals surface area contributed by atoms with Gasteiger partial charge in [0.15, 0.2) is 11.6 Å². The Bertz CT molecular complexity index is 725. The average molecular weight is 341 g/mol. The molecule has 0 atom stereocenters. The highest BCUT2D eigenvalue weighted by Gasteiger charge is 2.41. The number of sulfonamides is 1. The van der Waals surface area contributed by atoms with Gasteiger partial charge in [-0.3, -0.25) is 0 Å². The van der Waals surface area contributed by atoms with Crippen molar-refractivity contribution in [1.29, 1.82) is 5.26 Å². The number of rotatable bonds is 4. The molecule has 1 saturated carbocycles. The minimum atomic E-state index is -3.19. The highest BCUT2D eigenvalue weighted by atomic mass is 32.2. The number of nitrogens with zero attached hydrogens (tertiary/aromatic N) is 2. The van der Waals surface area contributed by atoms with Gasteiger partial charge in [-0.2, -0.15) is 5.26 Å². The predicted octanol–water partition coefficient (Wildman–Crippen LogP) is 2.20. The maximum Gasteiger partial charge on any atom is 0.216 e. The lowest BCUT2D eigenvalue weighted by Crippen LogP contribution is -2.43. The Morgan fingerprint density at radius 2 is 1.70 bits per heavy atom. The minimum absolute atomic E-state index is 0.0732. The van der Waals surface area contributed by atoms with Crippen molar-refractivity contribution >= 4 is 15.7 Å². The normalized spacial score (nSPS) is 20.2. The third-order valence-electron chi connectivity index (χ3n) is 4.28. The van der Waals surface area contributed by atoms with Crippen molar-refractivity contribution in [2.75, 3.05) is 18.4 Å². The molecule has 1 saturated heterocycles. The molecule has 1 aromatic rings. The second-order valence-electron chi connectivity index (χ2n) is 5.99. The Morgan fingerprint density at radius 1 is 1.13 bits per heavy atom. The maximum absolute atomic E-state index is 13.9. The number of piperidine rings is 1. The molecular weight excluding hydrogens is 324 g/mol. The number of halogens is 2. The molecule has 1 N–H and O–H groups in total. The van der Waals surface area contributed by atoms with Crippen LogP contribution in [0.4, 0.5) is 14.5 Å². The molecule has 1 heterocycles. The number of hydrogen-bond donors (Lipinski definition) is 1. The average Bonchev–Trinajstić information content (AvgIpc) is 3.36. The Hall–Kier alpha value is -1.72. The van der Waals surface area contributed by atoms with Gasteiger partial charge in [0.25, 0.3) is 0 Å². The SMILES string of the molecule is N#Cc1cc(F)c(NC2CCN(S(=O)(=O)C3CC3)CC2)c(F)c1. The summed E-state index contributed by atoms with van der Waals surface area (Å²) in [5.41, 5.74) is -0.330. The van der Waals surface area contributed by atoms with Crippen molar-refractivity contribution in [1.82, 2.24) is 4.31 Å². The lowest BCUT2D eigenvalue weighted by Gasteiger charge is -2.32. The van der Waals surface area contributed by atoms with E-state index in [9.17, 15) is 17.2 Å². The van der Waals surface area contributed by atoms with Gasteiger partial charge in [0.05, 0.1) is 16.9 Å². The monoisotopic (exact) mass is 341 g/mol. The Kier molecular flexibility index (Phi) is 4.25. The molecule has 5 nitrogen and oxygen atoms in total. The van der Waals surface area contributed by atoms with Crippen LogP contribution in [0.25, 0.3) is 0 Å². The van der Waals surface area contributed by atoms with Crippen LogP contribution in [-0.2, 0) is 10.0 Å². The first-order valence-electron chi connectivity index (χ1n) is 7.56. The van der Waals surface area contributed by atoms with Crippen LogP contribution >= 0.6 is 0 Å². The van der Waals surface area contributed by atoms with Gasteiger partial charge in [0, 0.05) is 19.1 Å². The second kappa shape index (κ2) is 6.06. The number of nitriles is 1. The molecule has 23 heavy (non-hydrogen) atoms. The zero-order chi connectivity index (χ0) is 16.6. The molecule has 124 valence electrons. The van der Waals surface area contributed by atoms with Crippen LogP contribution in [0.3, 0.4) is 0 Å². The van der Waals surface area contributed by atoms with E-state index < -0.39 is 21.7 Å². The number of anilines is 1. The summed E-state index contributed by atoms with van der Waals surface area (Å²) in [6.07, 6.45) is 2.43. The number of benzene rings is 1. The summed E-state index contributed by atoms with van der Waals surface area (Å²) in [7, 11) is -3.19. The molecule has 1 aromatic carbocycles. The first-order chi connectivity index (χ1) is 10.9. The Balaban J connectivity index is 1.64. The lowest BCUT2D eigenvalue weighted by molar-refractivity contribution is 0.328. The molecule has 0 amide bonds. The molecule has 8 heteroatoms. The summed E-state index contributed by atoms with van der Waals surface area (Å²) in [4.78, 5) is 0. The minimum Gasteiger partial charge on any atom is -0.377 e. The first-order valence-corrected chi connectivity index (χ1v) is 9.07. The molecule has 0 aromatic heterocycles. The fourth-order valence-corrected chi connectivity index (χ4v) is 4.68. The standard InChI is InChI=1S/C15H17F2N3O2S/c16-13-7-10(9-18)8-14(17)15(13)19-11-3-5-20(6-4-11)23(21,22)12-1-2-12/h7-8,11-12,19H,1-6H2. The smallest absolute Gasteiger partial charge is 0.216 e. The number of nitrogens with one attached hydrogen (secondary N) is 1. The second-order valence-corrected chi connectivity index (χ2v) is 8.20. The Morgan fingerprint density at radius 3 is 2.17 bits per heavy atom. The fraction of sp³-hybridized carbons (Fsp3) is 0.533. The molecule has 0 bridgehead atoms. The van der Waals surface area contributed by atoms with Gasteiger partial charge in [0.2, 0.25) is 10.0 Å². The maximum atomic E-state index is 13.9. The van der Waals surface area contributed by atoms with Crippen molar-refractivity contribution in [2.24, 2.45) is 0 Å². The van der Waals surface area contributed by atoms with Crippen LogP contribution in [0.1, 0.15) is 31.2 Å². The van der Waals surface area contributed by atoms with Crippen molar-refractivity contribution in [3.8, 4) is 6.07 Å². The highest BCUT2D eigenvalue weighted by Crippen LogP contribution is 2.33. The molecule has 0 unspecified atom stereocenters. The van der Waals surface area contributed by atoms with Crippen LogP contribution in [0.15, 0.2) is 12.1 Å². The zero-order valence-corrected chi connectivity index (χ0v) is 13.2. The topological polar surface area (TPSA) is 73.2 Å². The van der Waals surface area contributed by atoms with Gasteiger partial charge in [-0.05, 0) is 37.8 Å². The van der Waals surface area contributed by atoms with Crippen LogP contribution in [0.2, 0.25) is 0 Å². The predicted molar refractivity (Wildman–Crippen MR) is 81.2 cm³/mol. The Labute approximate surface area is 133 Å². The summed E-state index contributed by atoms with van der Waals surface area (Å²) in [5.74, 6) is -1.62. The molecule has 3 rings (SSSR count). The van der Waals surface area contributed by atoms with E-state index in [1.807, 2.05) is 0 Å². The fourth-order valence-electron chi connectivity index (χ4n) is 2.81. The third-order valence-corrected chi connectivity index (χ3v) is 6.68. The molecule has 1 aliphatic heterocycles. The van der Waals surface area contributed by atoms with E-state index in [1.165, 1.54) is 4.31 Å². The molecule has 1 aliphatic carbocycles. The molecule has 0 spiro atoms. The van der Waals surface area contributed by atoms with E-state index in [0.29, 0.717) is 25.9 Å². The van der Waals surface area contributed by atoms with E-state index in [2.05, 4.69) is 5.32 Å². The van der Waals surface area contributed by atoms with Crippen molar-refractivity contribution in [3.05, 3.63) is 29.3 Å². The molecular formula is C15H17F2N3O2S. The van der Waals surface area contributed by atoms with Gasteiger partial charge < -0.3 is 5.32 Å². The van der Waals surface area contributed by atoms with Crippen LogP contribution in [0.5, 0.6) is 0 Å². The van der Waals surface area contributed by atoms with Crippen molar-refractivity contribution in [3.63, 3.8) is 0 Å². The largest absolute Gasteiger partial charge is 0.377 e. The highest BCUT2D eigenvalue weighted by molar-refractivity contribution is 7.90. The van der Waals surface area contributed by atoms with Crippen molar-refractivity contribution in [2.45, 2.75) is 37.0 Å². The third kappa shape index (κ3) is 3.31. The molecule has 0 radical (unpaired) electrons. The van der Waals surface area contributed by atoms with E-state index in [4.69, 9.17) is 5.26 Å². The summed E-state index contributed by atoms with van der Waals surface area (Å²) < 4.78 is 53.5. The van der Waals surface area contributed by atoms with E-state index >= 15 is 0 Å². The van der Waals surface area contributed by atoms with Crippen LogP contribution in [-0.4, -0.2) is 37.1 Å². The van der Waals surface area contributed by atoms with E-state index in [1.54, 1.807) is 6.07 Å². The van der Waals surface area contributed by atoms with Gasteiger partial charge in [-0.1, -0.05) is 0 Å². The summed E-state index contributed by atoms with van der Waals surface area (Å²) in [6.45, 7) is 0.714. The van der Waals surface area contributed by atoms with Gasteiger partial charge in [-0.15, -0.1) is 0 Å². The van der Waals surface area contributed by atoms with Gasteiger partial charge in [0.1, 0.15) is 5.69 Å². The van der Waals surface area contributed by atoms with E-state index in [-0.39, 0.29) is 22.5 Å². The first kappa shape index (κ1) is 16.1. The van der Waals surface area contributed by atoms with Crippen molar-refractivity contribution < 1.29 is 17.2 Å². The van der Waals surface area contributed by atoms with Gasteiger partial charge >= 0.3 is 0 Å². The van der Waals surface area contributed by atoms with Gasteiger partial charge in [-0.25, -0.2) is 21.5 Å².